The number of nitrogens with two attached hydrogens (primary N) is 1. The molecule has 1 aliphatic rings. The summed E-state index contributed by atoms with van der Waals surface area (Å²) in [6.07, 6.45) is -2.45. The molecule has 0 bridgehead atoms. The molecule has 1 aliphatic carbocycles. The highest BCUT2D eigenvalue weighted by atomic mass is 19.4. The van der Waals surface area contributed by atoms with Gasteiger partial charge >= 0.3 is 6.18 Å². The summed E-state index contributed by atoms with van der Waals surface area (Å²) >= 11 is 0. The van der Waals surface area contributed by atoms with Crippen LogP contribution in [0.15, 0.2) is 24.3 Å². The molecule has 0 amide bonds. The lowest BCUT2D eigenvalue weighted by atomic mass is 9.73. The smallest absolute Gasteiger partial charge is 0.391 e. The third-order valence-electron chi connectivity index (χ3n) is 3.84. The van der Waals surface area contributed by atoms with Crippen LogP contribution < -0.4 is 5.73 Å². The summed E-state index contributed by atoms with van der Waals surface area (Å²) in [7, 11) is 0. The number of benzene rings is 1. The lowest BCUT2D eigenvalue weighted by molar-refractivity contribution is -0.187. The van der Waals surface area contributed by atoms with Gasteiger partial charge in [0.2, 0.25) is 0 Å². The molecule has 19 heavy (non-hydrogen) atoms. The topological polar surface area (TPSA) is 46.2 Å². The third kappa shape index (κ3) is 3.62. The molecule has 0 spiro atoms. The summed E-state index contributed by atoms with van der Waals surface area (Å²) in [6.45, 7) is 0. The minimum atomic E-state index is -4.15. The zero-order chi connectivity index (χ0) is 14.1. The molecule has 0 saturated heterocycles. The molecule has 2 rings (SSSR count). The maximum Gasteiger partial charge on any atom is 0.391 e. The SMILES string of the molecule is NC1(Cc2ccc(O)cc2)CCCC(C(F)(F)F)C1. The number of halogens is 3. The Hall–Kier alpha value is -1.23. The average molecular weight is 273 g/mol. The number of aromatic hydroxyl groups is 1. The molecule has 2 unspecified atom stereocenters. The summed E-state index contributed by atoms with van der Waals surface area (Å²) in [5, 5.41) is 9.20. The summed E-state index contributed by atoms with van der Waals surface area (Å²) in [5.41, 5.74) is 6.22. The van der Waals surface area contributed by atoms with Crippen molar-refractivity contribution in [1.29, 1.82) is 0 Å². The lowest BCUT2D eigenvalue weighted by Gasteiger charge is -2.39. The van der Waals surface area contributed by atoms with Gasteiger partial charge in [0.15, 0.2) is 0 Å². The molecule has 106 valence electrons. The van der Waals surface area contributed by atoms with Crippen LogP contribution in [0.3, 0.4) is 0 Å². The van der Waals surface area contributed by atoms with E-state index in [9.17, 15) is 18.3 Å². The van der Waals surface area contributed by atoms with Crippen LogP contribution >= 0.6 is 0 Å². The Kier molecular flexibility index (Phi) is 3.76. The van der Waals surface area contributed by atoms with Crippen molar-refractivity contribution in [2.45, 2.75) is 43.8 Å². The summed E-state index contributed by atoms with van der Waals surface area (Å²) < 4.78 is 38.4. The first-order valence-electron chi connectivity index (χ1n) is 6.42. The van der Waals surface area contributed by atoms with Gasteiger partial charge in [0.05, 0.1) is 5.92 Å². The van der Waals surface area contributed by atoms with Crippen molar-refractivity contribution in [3.63, 3.8) is 0 Å². The van der Waals surface area contributed by atoms with Gasteiger partial charge in [-0.2, -0.15) is 13.2 Å². The number of hydrogen-bond donors (Lipinski definition) is 2. The summed E-state index contributed by atoms with van der Waals surface area (Å²) in [5.74, 6) is -1.14. The zero-order valence-corrected chi connectivity index (χ0v) is 10.6. The van der Waals surface area contributed by atoms with Crippen LogP contribution in [0.2, 0.25) is 0 Å². The Balaban J connectivity index is 2.07. The Labute approximate surface area is 110 Å². The molecule has 1 aromatic carbocycles. The number of hydrogen-bond acceptors (Lipinski definition) is 2. The highest BCUT2D eigenvalue weighted by molar-refractivity contribution is 5.27. The van der Waals surface area contributed by atoms with Gasteiger partial charge in [0.1, 0.15) is 5.75 Å². The first-order valence-corrected chi connectivity index (χ1v) is 6.42. The Morgan fingerprint density at radius 2 is 1.89 bits per heavy atom. The van der Waals surface area contributed by atoms with Crippen molar-refractivity contribution in [3.05, 3.63) is 29.8 Å². The van der Waals surface area contributed by atoms with Crippen LogP contribution in [-0.4, -0.2) is 16.8 Å². The van der Waals surface area contributed by atoms with E-state index in [0.29, 0.717) is 19.3 Å². The highest BCUT2D eigenvalue weighted by Crippen LogP contribution is 2.41. The van der Waals surface area contributed by atoms with E-state index in [1.54, 1.807) is 12.1 Å². The largest absolute Gasteiger partial charge is 0.508 e. The van der Waals surface area contributed by atoms with E-state index in [4.69, 9.17) is 5.73 Å². The summed E-state index contributed by atoms with van der Waals surface area (Å²) in [4.78, 5) is 0. The Bertz CT molecular complexity index is 429. The molecule has 0 radical (unpaired) electrons. The minimum absolute atomic E-state index is 0.0165. The van der Waals surface area contributed by atoms with Gasteiger partial charge in [-0.25, -0.2) is 0 Å². The molecule has 5 heteroatoms. The van der Waals surface area contributed by atoms with Crippen LogP contribution in [0.1, 0.15) is 31.2 Å². The van der Waals surface area contributed by atoms with Crippen molar-refractivity contribution in [1.82, 2.24) is 0 Å². The van der Waals surface area contributed by atoms with Gasteiger partial charge in [0, 0.05) is 5.54 Å². The van der Waals surface area contributed by atoms with E-state index in [1.807, 2.05) is 0 Å². The van der Waals surface area contributed by atoms with Crippen molar-refractivity contribution in [3.8, 4) is 5.75 Å². The van der Waals surface area contributed by atoms with E-state index >= 15 is 0 Å². The van der Waals surface area contributed by atoms with Crippen LogP contribution in [0, 0.1) is 5.92 Å². The van der Waals surface area contributed by atoms with Gasteiger partial charge in [-0.15, -0.1) is 0 Å². The second-order valence-electron chi connectivity index (χ2n) is 5.54. The highest BCUT2D eigenvalue weighted by Gasteiger charge is 2.46. The lowest BCUT2D eigenvalue weighted by Crippen LogP contribution is -2.48. The first-order chi connectivity index (χ1) is 8.78. The van der Waals surface area contributed by atoms with E-state index in [0.717, 1.165) is 5.56 Å². The molecule has 0 aromatic heterocycles. The standard InChI is InChI=1S/C14H18F3NO/c15-14(16,17)11-2-1-7-13(18,9-11)8-10-3-5-12(19)6-4-10/h3-6,11,19H,1-2,7-9,18H2. The molecular weight excluding hydrogens is 255 g/mol. The second kappa shape index (κ2) is 5.04. The molecular formula is C14H18F3NO. The summed E-state index contributed by atoms with van der Waals surface area (Å²) in [6, 6.07) is 6.48. The molecule has 1 fully saturated rings. The number of alkyl halides is 3. The van der Waals surface area contributed by atoms with Crippen LogP contribution in [0.25, 0.3) is 0 Å². The fourth-order valence-electron chi connectivity index (χ4n) is 2.86. The molecule has 2 nitrogen and oxygen atoms in total. The van der Waals surface area contributed by atoms with Gasteiger partial charge in [0.25, 0.3) is 0 Å². The van der Waals surface area contributed by atoms with Crippen LogP contribution in [0.5, 0.6) is 5.75 Å². The zero-order valence-electron chi connectivity index (χ0n) is 10.6. The molecule has 2 atom stereocenters. The van der Waals surface area contributed by atoms with Crippen molar-refractivity contribution in [2.24, 2.45) is 11.7 Å². The maximum atomic E-state index is 12.8. The number of phenols is 1. The molecule has 0 aliphatic heterocycles. The molecule has 1 aromatic rings. The van der Waals surface area contributed by atoms with Crippen LogP contribution in [-0.2, 0) is 6.42 Å². The van der Waals surface area contributed by atoms with Gasteiger partial charge in [-0.1, -0.05) is 18.6 Å². The number of phenolic OH excluding ortho intramolecular Hbond substituents is 1. The van der Waals surface area contributed by atoms with Crippen molar-refractivity contribution >= 4 is 0 Å². The minimum Gasteiger partial charge on any atom is -0.508 e. The predicted octanol–water partition coefficient (Wildman–Crippen LogP) is 3.38. The second-order valence-corrected chi connectivity index (χ2v) is 5.54. The molecule has 0 heterocycles. The van der Waals surface area contributed by atoms with E-state index in [2.05, 4.69) is 0 Å². The average Bonchev–Trinajstić information content (AvgIpc) is 2.31. The van der Waals surface area contributed by atoms with Gasteiger partial charge in [-0.05, 0) is 43.4 Å². The molecule has 1 saturated carbocycles. The Morgan fingerprint density at radius 3 is 2.47 bits per heavy atom. The maximum absolute atomic E-state index is 12.8. The Morgan fingerprint density at radius 1 is 1.26 bits per heavy atom. The van der Waals surface area contributed by atoms with E-state index < -0.39 is 17.6 Å². The number of rotatable bonds is 2. The first kappa shape index (κ1) is 14.2. The van der Waals surface area contributed by atoms with Crippen molar-refractivity contribution < 1.29 is 18.3 Å². The third-order valence-corrected chi connectivity index (χ3v) is 3.84. The van der Waals surface area contributed by atoms with Gasteiger partial charge < -0.3 is 10.8 Å². The normalized spacial score (nSPS) is 28.3. The van der Waals surface area contributed by atoms with Crippen molar-refractivity contribution in [2.75, 3.05) is 0 Å². The molecule has 3 N–H and O–H groups in total. The van der Waals surface area contributed by atoms with E-state index in [1.165, 1.54) is 12.1 Å². The van der Waals surface area contributed by atoms with Crippen LogP contribution in [0.4, 0.5) is 13.2 Å². The fraction of sp³-hybridized carbons (Fsp3) is 0.571. The fourth-order valence-corrected chi connectivity index (χ4v) is 2.86. The van der Waals surface area contributed by atoms with E-state index in [-0.39, 0.29) is 18.6 Å². The predicted molar refractivity (Wildman–Crippen MR) is 66.7 cm³/mol. The quantitative estimate of drug-likeness (QED) is 0.867. The van der Waals surface area contributed by atoms with Gasteiger partial charge in [-0.3, -0.25) is 0 Å². The monoisotopic (exact) mass is 273 g/mol.